The molecule has 0 aliphatic carbocycles. The molecule has 0 radical (unpaired) electrons. The van der Waals surface area contributed by atoms with Crippen molar-refractivity contribution in [2.45, 2.75) is 53.4 Å². The highest BCUT2D eigenvalue weighted by molar-refractivity contribution is 5.24. The maximum Gasteiger partial charge on any atom is 0.0305 e. The Kier molecular flexibility index (Phi) is 9.24. The first kappa shape index (κ1) is 14.6. The van der Waals surface area contributed by atoms with Gasteiger partial charge in [0.2, 0.25) is 0 Å². The molecule has 0 atom stereocenters. The third kappa shape index (κ3) is 6.97. The first-order valence-corrected chi connectivity index (χ1v) is 6.15. The lowest BCUT2D eigenvalue weighted by atomic mass is 10.1. The summed E-state index contributed by atoms with van der Waals surface area (Å²) in [6.07, 6.45) is 7.83. The topological polar surface area (TPSA) is 0 Å². The van der Waals surface area contributed by atoms with Crippen molar-refractivity contribution in [1.29, 1.82) is 0 Å². The van der Waals surface area contributed by atoms with Gasteiger partial charge in [0.05, 0.1) is 0 Å². The largest absolute Gasteiger partial charge is 0.113 e. The Hall–Kier alpha value is -1.40. The third-order valence-corrected chi connectivity index (χ3v) is 2.49. The van der Waals surface area contributed by atoms with Gasteiger partial charge in [0.1, 0.15) is 0 Å². The predicted octanol–water partition coefficient (Wildman–Crippen LogP) is 4.79. The second kappa shape index (κ2) is 10.1. The summed E-state index contributed by atoms with van der Waals surface area (Å²) in [5.74, 6) is 5.90. The molecule has 0 aliphatic heterocycles. The maximum atomic E-state index is 3.20. The van der Waals surface area contributed by atoms with E-state index in [0.29, 0.717) is 0 Å². The summed E-state index contributed by atoms with van der Waals surface area (Å²) in [5.41, 5.74) is 9.03. The van der Waals surface area contributed by atoms with Gasteiger partial charge in [-0.2, -0.15) is 0 Å². The molecule has 0 fully saturated rings. The van der Waals surface area contributed by atoms with E-state index in [1.807, 2.05) is 0 Å². The van der Waals surface area contributed by atoms with Crippen molar-refractivity contribution >= 4 is 0 Å². The van der Waals surface area contributed by atoms with E-state index in [1.54, 1.807) is 12.2 Å². The average molecular weight is 214 g/mol. The van der Waals surface area contributed by atoms with E-state index in [2.05, 4.69) is 51.0 Å². The predicted molar refractivity (Wildman–Crippen MR) is 72.1 cm³/mol. The first-order valence-electron chi connectivity index (χ1n) is 6.15. The van der Waals surface area contributed by atoms with Crippen molar-refractivity contribution in [2.24, 2.45) is 0 Å². The average Bonchev–Trinajstić information content (AvgIpc) is 2.33. The Morgan fingerprint density at radius 3 is 1.25 bits per heavy atom. The lowest BCUT2D eigenvalue weighted by molar-refractivity contribution is 0.982. The van der Waals surface area contributed by atoms with Crippen molar-refractivity contribution < 1.29 is 0 Å². The highest BCUT2D eigenvalue weighted by Gasteiger charge is 1.84. The van der Waals surface area contributed by atoms with Crippen LogP contribution in [0.25, 0.3) is 0 Å². The Bertz CT molecular complexity index is 322. The Balaban J connectivity index is 4.55. The van der Waals surface area contributed by atoms with Crippen LogP contribution < -0.4 is 0 Å². The fourth-order valence-corrected chi connectivity index (χ4v) is 1.27. The summed E-state index contributed by atoms with van der Waals surface area (Å²) in [7, 11) is 0. The quantitative estimate of drug-likeness (QED) is 0.466. The molecule has 0 aromatic carbocycles. The van der Waals surface area contributed by atoms with E-state index < -0.39 is 0 Å². The van der Waals surface area contributed by atoms with Gasteiger partial charge in [0, 0.05) is 12.2 Å². The van der Waals surface area contributed by atoms with Crippen molar-refractivity contribution in [3.8, 4) is 11.8 Å². The van der Waals surface area contributed by atoms with Crippen molar-refractivity contribution in [3.63, 3.8) is 0 Å². The molecule has 0 unspecified atom stereocenters. The Morgan fingerprint density at radius 1 is 0.688 bits per heavy atom. The molecule has 0 aliphatic rings. The fraction of sp³-hybridized carbons (Fsp3) is 0.500. The zero-order valence-electron chi connectivity index (χ0n) is 11.0. The van der Waals surface area contributed by atoms with Crippen LogP contribution in [0.4, 0.5) is 0 Å². The zero-order valence-corrected chi connectivity index (χ0v) is 11.0. The summed E-state index contributed by atoms with van der Waals surface area (Å²) < 4.78 is 0. The van der Waals surface area contributed by atoms with Gasteiger partial charge in [0.25, 0.3) is 0 Å². The monoisotopic (exact) mass is 214 g/mol. The molecule has 0 bridgehead atoms. The molecule has 0 rings (SSSR count). The molecular weight excluding hydrogens is 192 g/mol. The van der Waals surface area contributed by atoms with E-state index in [4.69, 9.17) is 0 Å². The molecule has 0 heteroatoms. The van der Waals surface area contributed by atoms with Crippen LogP contribution in [0.2, 0.25) is 0 Å². The summed E-state index contributed by atoms with van der Waals surface area (Å²) in [6, 6.07) is 0. The maximum absolute atomic E-state index is 3.20. The highest BCUT2D eigenvalue weighted by Crippen LogP contribution is 2.02. The van der Waals surface area contributed by atoms with E-state index >= 15 is 0 Å². The summed E-state index contributed by atoms with van der Waals surface area (Å²) in [6.45, 7) is 8.57. The molecule has 0 nitrogen and oxygen atoms in total. The normalized spacial score (nSPS) is 8.00. The smallest absolute Gasteiger partial charge is 0.0305 e. The SMILES string of the molecule is CCC(=C=CC#CC=C=C(CC)CC)CC. The number of hydrogen-bond acceptors (Lipinski definition) is 0. The molecule has 0 saturated carbocycles. The number of rotatable bonds is 4. The van der Waals surface area contributed by atoms with Gasteiger partial charge < -0.3 is 0 Å². The third-order valence-electron chi connectivity index (χ3n) is 2.49. The Morgan fingerprint density at radius 2 is 1.00 bits per heavy atom. The van der Waals surface area contributed by atoms with E-state index in [9.17, 15) is 0 Å². The fourth-order valence-electron chi connectivity index (χ4n) is 1.27. The second-order valence-electron chi connectivity index (χ2n) is 3.49. The van der Waals surface area contributed by atoms with E-state index in [0.717, 1.165) is 25.7 Å². The second-order valence-corrected chi connectivity index (χ2v) is 3.49. The van der Waals surface area contributed by atoms with Gasteiger partial charge in [-0.3, -0.25) is 0 Å². The molecule has 0 aromatic rings. The molecule has 0 amide bonds. The lowest BCUT2D eigenvalue weighted by Crippen LogP contribution is -1.72. The van der Waals surface area contributed by atoms with Gasteiger partial charge >= 0.3 is 0 Å². The highest BCUT2D eigenvalue weighted by atomic mass is 13.9. The van der Waals surface area contributed by atoms with Gasteiger partial charge in [0.15, 0.2) is 0 Å². The van der Waals surface area contributed by atoms with Crippen LogP contribution in [0.3, 0.4) is 0 Å². The molecular formula is C16H22. The number of hydrogen-bond donors (Lipinski definition) is 0. The molecule has 0 saturated heterocycles. The summed E-state index contributed by atoms with van der Waals surface area (Å²) in [4.78, 5) is 0. The van der Waals surface area contributed by atoms with Crippen LogP contribution in [0, 0.1) is 11.8 Å². The van der Waals surface area contributed by atoms with Crippen LogP contribution in [0.15, 0.2) is 34.8 Å². The summed E-state index contributed by atoms with van der Waals surface area (Å²) >= 11 is 0. The Labute approximate surface area is 100 Å². The van der Waals surface area contributed by atoms with Gasteiger partial charge in [-0.05, 0) is 36.8 Å². The van der Waals surface area contributed by atoms with Crippen LogP contribution in [0.1, 0.15) is 53.4 Å². The molecule has 0 N–H and O–H groups in total. The first-order chi connectivity index (χ1) is 7.78. The van der Waals surface area contributed by atoms with Crippen molar-refractivity contribution in [1.82, 2.24) is 0 Å². The molecule has 16 heavy (non-hydrogen) atoms. The minimum absolute atomic E-state index is 1.06. The number of allylic oxidation sites excluding steroid dienone is 2. The van der Waals surface area contributed by atoms with Crippen LogP contribution in [-0.2, 0) is 0 Å². The van der Waals surface area contributed by atoms with Crippen LogP contribution in [-0.4, -0.2) is 0 Å². The van der Waals surface area contributed by atoms with Crippen LogP contribution >= 0.6 is 0 Å². The van der Waals surface area contributed by atoms with Crippen LogP contribution in [0.5, 0.6) is 0 Å². The molecule has 0 heterocycles. The van der Waals surface area contributed by atoms with Gasteiger partial charge in [-0.1, -0.05) is 39.5 Å². The summed E-state index contributed by atoms with van der Waals surface area (Å²) in [5, 5.41) is 0. The van der Waals surface area contributed by atoms with Gasteiger partial charge in [-0.15, -0.1) is 11.5 Å². The molecule has 0 aromatic heterocycles. The van der Waals surface area contributed by atoms with Crippen molar-refractivity contribution in [3.05, 3.63) is 34.8 Å². The van der Waals surface area contributed by atoms with Crippen molar-refractivity contribution in [2.75, 3.05) is 0 Å². The minimum atomic E-state index is 1.06. The zero-order chi connectivity index (χ0) is 12.2. The van der Waals surface area contributed by atoms with Gasteiger partial charge in [-0.25, -0.2) is 0 Å². The van der Waals surface area contributed by atoms with E-state index in [-0.39, 0.29) is 0 Å². The molecule has 0 spiro atoms. The lowest BCUT2D eigenvalue weighted by Gasteiger charge is -1.90. The minimum Gasteiger partial charge on any atom is -0.113 e. The van der Waals surface area contributed by atoms with E-state index in [1.165, 1.54) is 11.1 Å². The standard InChI is InChI=1S/C16H22/c1-5-15(6-2)13-11-9-10-12-14-16(7-3)8-4/h11-12H,5-8H2,1-4H3. The molecule has 86 valence electrons.